The van der Waals surface area contributed by atoms with Crippen molar-refractivity contribution in [2.24, 2.45) is 0 Å². The van der Waals surface area contributed by atoms with E-state index in [-0.39, 0.29) is 18.2 Å². The Balaban J connectivity index is 1.40. The van der Waals surface area contributed by atoms with Gasteiger partial charge in [-0.25, -0.2) is 9.97 Å². The number of Topliss-reactive ketones (excluding diaryl/α,β-unsaturated/α-hetero) is 1. The number of rotatable bonds is 6. The predicted molar refractivity (Wildman–Crippen MR) is 122 cm³/mol. The lowest BCUT2D eigenvalue weighted by molar-refractivity contribution is -0.127. The lowest BCUT2D eigenvalue weighted by Gasteiger charge is -2.36. The van der Waals surface area contributed by atoms with Crippen LogP contribution in [0.5, 0.6) is 0 Å². The number of ketones is 1. The lowest BCUT2D eigenvalue weighted by Crippen LogP contribution is -2.42. The van der Waals surface area contributed by atoms with Crippen LogP contribution in [0.15, 0.2) is 71.6 Å². The van der Waals surface area contributed by atoms with E-state index in [1.165, 1.54) is 0 Å². The molecule has 1 aliphatic rings. The number of aromatic nitrogens is 4. The Bertz CT molecular complexity index is 1230. The Morgan fingerprint density at radius 2 is 1.70 bits per heavy atom. The summed E-state index contributed by atoms with van der Waals surface area (Å²) in [6.45, 7) is 1.07. The fraction of sp³-hybridized carbons (Fsp3) is 0.240. The Morgan fingerprint density at radius 3 is 2.39 bits per heavy atom. The zero-order valence-electron chi connectivity index (χ0n) is 18.0. The third-order valence-electron chi connectivity index (χ3n) is 6.14. The van der Waals surface area contributed by atoms with Crippen molar-refractivity contribution in [1.29, 1.82) is 0 Å². The average Bonchev–Trinajstić information content (AvgIpc) is 3.34. The molecule has 0 atom stereocenters. The molecule has 1 saturated heterocycles. The fourth-order valence-corrected chi connectivity index (χ4v) is 4.28. The zero-order valence-corrected chi connectivity index (χ0v) is 18.0. The third-order valence-corrected chi connectivity index (χ3v) is 6.14. The molecule has 33 heavy (non-hydrogen) atoms. The first-order valence-corrected chi connectivity index (χ1v) is 10.8. The van der Waals surface area contributed by atoms with Gasteiger partial charge < -0.3 is 15.0 Å². The standard InChI is InChI=1S/C25H23N5O3/c26-24-28-15-18(16-29-24)17-4-6-19(7-5-17)25(8-11-32-12-9-25)23(31)14-20-13-22(30-33-20)21-3-1-2-10-27-21/h1-7,10,13,15-16H,8-9,11-12,14H2,(H2,26,28,29). The van der Waals surface area contributed by atoms with Crippen LogP contribution in [0, 0.1) is 0 Å². The van der Waals surface area contributed by atoms with E-state index >= 15 is 0 Å². The molecule has 0 spiro atoms. The molecule has 0 saturated carbocycles. The van der Waals surface area contributed by atoms with Gasteiger partial charge in [0.1, 0.15) is 11.5 Å². The van der Waals surface area contributed by atoms with Gasteiger partial charge in [-0.3, -0.25) is 9.78 Å². The van der Waals surface area contributed by atoms with Crippen molar-refractivity contribution in [3.05, 3.63) is 78.4 Å². The van der Waals surface area contributed by atoms with Gasteiger partial charge in [-0.05, 0) is 36.1 Å². The number of nitrogens with two attached hydrogens (primary N) is 1. The summed E-state index contributed by atoms with van der Waals surface area (Å²) in [6.07, 6.45) is 6.49. The summed E-state index contributed by atoms with van der Waals surface area (Å²) in [5, 5.41) is 4.10. The first-order valence-electron chi connectivity index (χ1n) is 10.8. The molecule has 0 bridgehead atoms. The molecule has 1 fully saturated rings. The van der Waals surface area contributed by atoms with Crippen molar-refractivity contribution in [2.45, 2.75) is 24.7 Å². The summed E-state index contributed by atoms with van der Waals surface area (Å²) in [7, 11) is 0. The van der Waals surface area contributed by atoms with Gasteiger partial charge in [0.05, 0.1) is 17.5 Å². The Labute approximate surface area is 190 Å². The molecule has 8 nitrogen and oxygen atoms in total. The van der Waals surface area contributed by atoms with Gasteiger partial charge in [0.2, 0.25) is 5.95 Å². The molecule has 4 heterocycles. The van der Waals surface area contributed by atoms with E-state index in [1.54, 1.807) is 24.7 Å². The molecule has 3 aromatic heterocycles. The molecular weight excluding hydrogens is 418 g/mol. The second-order valence-electron chi connectivity index (χ2n) is 8.10. The molecule has 0 radical (unpaired) electrons. The quantitative estimate of drug-likeness (QED) is 0.482. The Kier molecular flexibility index (Phi) is 5.66. The number of pyridine rings is 1. The van der Waals surface area contributed by atoms with Gasteiger partial charge in [0.15, 0.2) is 5.78 Å². The van der Waals surface area contributed by atoms with Gasteiger partial charge in [-0.2, -0.15) is 0 Å². The van der Waals surface area contributed by atoms with Crippen LogP contribution in [0.3, 0.4) is 0 Å². The number of carbonyl (C=O) groups is 1. The van der Waals surface area contributed by atoms with E-state index in [1.807, 2.05) is 42.5 Å². The maximum atomic E-state index is 13.6. The number of nitrogens with zero attached hydrogens (tertiary/aromatic N) is 4. The van der Waals surface area contributed by atoms with Crippen LogP contribution in [0.4, 0.5) is 5.95 Å². The minimum absolute atomic E-state index is 0.0955. The molecule has 0 aliphatic carbocycles. The molecule has 4 aromatic rings. The highest BCUT2D eigenvalue weighted by molar-refractivity contribution is 5.92. The summed E-state index contributed by atoms with van der Waals surface area (Å²) in [4.78, 5) is 26.0. The molecule has 0 unspecified atom stereocenters. The van der Waals surface area contributed by atoms with E-state index < -0.39 is 5.41 Å². The second-order valence-corrected chi connectivity index (χ2v) is 8.10. The summed E-state index contributed by atoms with van der Waals surface area (Å²) >= 11 is 0. The van der Waals surface area contributed by atoms with Crippen molar-refractivity contribution < 1.29 is 14.1 Å². The highest BCUT2D eigenvalue weighted by Crippen LogP contribution is 2.38. The van der Waals surface area contributed by atoms with Gasteiger partial charge in [-0.1, -0.05) is 35.5 Å². The third kappa shape index (κ3) is 4.25. The monoisotopic (exact) mass is 441 g/mol. The molecule has 0 amide bonds. The SMILES string of the molecule is Nc1ncc(-c2ccc(C3(C(=O)Cc4cc(-c5ccccn5)no4)CCOCC3)cc2)cn1. The maximum Gasteiger partial charge on any atom is 0.219 e. The number of ether oxygens (including phenoxy) is 1. The molecule has 166 valence electrons. The number of anilines is 1. The van der Waals surface area contributed by atoms with Crippen molar-refractivity contribution in [3.63, 3.8) is 0 Å². The number of carbonyl (C=O) groups excluding carboxylic acids is 1. The summed E-state index contributed by atoms with van der Waals surface area (Å²) < 4.78 is 11.1. The average molecular weight is 441 g/mol. The van der Waals surface area contributed by atoms with E-state index in [0.29, 0.717) is 43.2 Å². The minimum Gasteiger partial charge on any atom is -0.381 e. The van der Waals surface area contributed by atoms with Crippen molar-refractivity contribution in [2.75, 3.05) is 18.9 Å². The van der Waals surface area contributed by atoms with Gasteiger partial charge in [-0.15, -0.1) is 0 Å². The molecule has 1 aliphatic heterocycles. The smallest absolute Gasteiger partial charge is 0.219 e. The molecular formula is C25H23N5O3. The van der Waals surface area contributed by atoms with Gasteiger partial charge in [0.25, 0.3) is 0 Å². The van der Waals surface area contributed by atoms with Crippen molar-refractivity contribution in [3.8, 4) is 22.5 Å². The van der Waals surface area contributed by atoms with Gasteiger partial charge >= 0.3 is 0 Å². The first kappa shape index (κ1) is 21.0. The Hall–Kier alpha value is -3.91. The van der Waals surface area contributed by atoms with E-state index in [0.717, 1.165) is 16.7 Å². The highest BCUT2D eigenvalue weighted by Gasteiger charge is 2.41. The number of hydrogen-bond donors (Lipinski definition) is 1. The normalized spacial score (nSPS) is 15.3. The summed E-state index contributed by atoms with van der Waals surface area (Å²) in [6, 6.07) is 15.4. The fourth-order valence-electron chi connectivity index (χ4n) is 4.28. The van der Waals surface area contributed by atoms with Crippen LogP contribution >= 0.6 is 0 Å². The van der Waals surface area contributed by atoms with E-state index in [4.69, 9.17) is 15.0 Å². The van der Waals surface area contributed by atoms with E-state index in [2.05, 4.69) is 20.1 Å². The molecule has 1 aromatic carbocycles. The topological polar surface area (TPSA) is 117 Å². The largest absolute Gasteiger partial charge is 0.381 e. The lowest BCUT2D eigenvalue weighted by atomic mass is 9.69. The molecule has 5 rings (SSSR count). The molecule has 2 N–H and O–H groups in total. The predicted octanol–water partition coefficient (Wildman–Crippen LogP) is 3.64. The number of nitrogen functional groups attached to an aromatic ring is 1. The van der Waals surface area contributed by atoms with Crippen LogP contribution in [0.2, 0.25) is 0 Å². The number of hydrogen-bond acceptors (Lipinski definition) is 8. The minimum atomic E-state index is -0.633. The van der Waals surface area contributed by atoms with Crippen molar-refractivity contribution in [1.82, 2.24) is 20.1 Å². The summed E-state index contributed by atoms with van der Waals surface area (Å²) in [5.41, 5.74) is 9.09. The van der Waals surface area contributed by atoms with Crippen LogP contribution in [-0.4, -0.2) is 39.1 Å². The molecule has 8 heteroatoms. The van der Waals surface area contributed by atoms with Crippen LogP contribution < -0.4 is 5.73 Å². The van der Waals surface area contributed by atoms with Crippen LogP contribution in [0.1, 0.15) is 24.2 Å². The Morgan fingerprint density at radius 1 is 0.939 bits per heavy atom. The zero-order chi connectivity index (χ0) is 22.7. The van der Waals surface area contributed by atoms with Crippen LogP contribution in [0.25, 0.3) is 22.5 Å². The van der Waals surface area contributed by atoms with E-state index in [9.17, 15) is 4.79 Å². The second kappa shape index (κ2) is 8.91. The maximum absolute atomic E-state index is 13.6. The first-order chi connectivity index (χ1) is 16.1. The van der Waals surface area contributed by atoms with Gasteiger partial charge in [0, 0.05) is 43.4 Å². The van der Waals surface area contributed by atoms with Crippen molar-refractivity contribution >= 4 is 11.7 Å². The van der Waals surface area contributed by atoms with Crippen LogP contribution in [-0.2, 0) is 21.4 Å². The number of benzene rings is 1. The highest BCUT2D eigenvalue weighted by atomic mass is 16.5. The summed E-state index contributed by atoms with van der Waals surface area (Å²) in [5.74, 6) is 0.862.